The van der Waals surface area contributed by atoms with Gasteiger partial charge in [-0.3, -0.25) is 0 Å². The first-order valence-corrected chi connectivity index (χ1v) is 7.80. The number of hydrogen-bond donors (Lipinski definition) is 1. The number of rotatable bonds is 2. The Labute approximate surface area is 139 Å². The highest BCUT2D eigenvalue weighted by atomic mass is 19.3. The molecule has 0 saturated heterocycles. The molecular formula is C20H16F2N2. The third-order valence-corrected chi connectivity index (χ3v) is 4.46. The number of nitrogen functional groups attached to an aromatic ring is 1. The van der Waals surface area contributed by atoms with E-state index in [1.807, 2.05) is 18.2 Å². The van der Waals surface area contributed by atoms with E-state index in [2.05, 4.69) is 6.07 Å². The van der Waals surface area contributed by atoms with E-state index in [1.165, 1.54) is 17.7 Å². The quantitative estimate of drug-likeness (QED) is 0.563. The van der Waals surface area contributed by atoms with Gasteiger partial charge in [-0.15, -0.1) is 0 Å². The van der Waals surface area contributed by atoms with Crippen molar-refractivity contribution in [1.29, 1.82) is 0 Å². The van der Waals surface area contributed by atoms with Crippen molar-refractivity contribution in [1.82, 2.24) is 4.98 Å². The van der Waals surface area contributed by atoms with Gasteiger partial charge < -0.3 is 5.73 Å². The molecule has 0 amide bonds. The second-order valence-electron chi connectivity index (χ2n) is 6.23. The van der Waals surface area contributed by atoms with Crippen LogP contribution in [0.5, 0.6) is 0 Å². The van der Waals surface area contributed by atoms with Gasteiger partial charge in [0.1, 0.15) is 0 Å². The van der Waals surface area contributed by atoms with Crippen LogP contribution in [0.25, 0.3) is 22.5 Å². The minimum absolute atomic E-state index is 0.0266. The molecule has 0 aliphatic heterocycles. The van der Waals surface area contributed by atoms with Crippen LogP contribution in [0.15, 0.2) is 54.6 Å². The first-order chi connectivity index (χ1) is 11.4. The van der Waals surface area contributed by atoms with Crippen molar-refractivity contribution >= 4 is 5.69 Å². The fraction of sp³-hybridized carbons (Fsp3) is 0.150. The van der Waals surface area contributed by atoms with E-state index in [4.69, 9.17) is 10.7 Å². The highest BCUT2D eigenvalue weighted by Gasteiger charge is 2.26. The number of aromatic nitrogens is 1. The minimum Gasteiger partial charge on any atom is -0.398 e. The summed E-state index contributed by atoms with van der Waals surface area (Å²) in [7, 11) is 0. The number of hydrogen-bond acceptors (Lipinski definition) is 2. The van der Waals surface area contributed by atoms with Gasteiger partial charge in [0.05, 0.1) is 11.4 Å². The Kier molecular flexibility index (Phi) is 3.17. The molecule has 0 radical (unpaired) electrons. The van der Waals surface area contributed by atoms with Gasteiger partial charge in [-0.1, -0.05) is 42.5 Å². The molecule has 4 rings (SSSR count). The smallest absolute Gasteiger partial charge is 0.270 e. The average Bonchev–Trinajstić information content (AvgIpc) is 2.94. The molecule has 3 aromatic rings. The number of nitrogens with zero attached hydrogens (tertiary/aromatic N) is 1. The zero-order chi connectivity index (χ0) is 16.9. The van der Waals surface area contributed by atoms with Crippen LogP contribution in [0.4, 0.5) is 14.5 Å². The third-order valence-electron chi connectivity index (χ3n) is 4.46. The summed E-state index contributed by atoms with van der Waals surface area (Å²) in [5.41, 5.74) is 12.2. The maximum absolute atomic E-state index is 13.6. The normalized spacial score (nSPS) is 12.8. The lowest BCUT2D eigenvalue weighted by Crippen LogP contribution is -2.06. The lowest BCUT2D eigenvalue weighted by atomic mass is 10.0. The number of benzene rings is 2. The Balaban J connectivity index is 1.87. The molecule has 2 nitrogen and oxygen atoms in total. The van der Waals surface area contributed by atoms with Crippen molar-refractivity contribution in [3.05, 3.63) is 71.3 Å². The molecule has 2 N–H and O–H groups in total. The molecule has 0 bridgehead atoms. The molecule has 0 atom stereocenters. The summed E-state index contributed by atoms with van der Waals surface area (Å²) in [5, 5.41) is 0. The first kappa shape index (κ1) is 14.8. The molecule has 0 fully saturated rings. The molecule has 120 valence electrons. The SMILES string of the molecule is CC(F)(F)c1cccc(-c2cc(N)c3c(n2)-c2ccccc2C3)c1. The first-order valence-electron chi connectivity index (χ1n) is 7.80. The fourth-order valence-corrected chi connectivity index (χ4v) is 3.20. The van der Waals surface area contributed by atoms with Crippen molar-refractivity contribution in [3.63, 3.8) is 0 Å². The van der Waals surface area contributed by atoms with Crippen LogP contribution in [-0.2, 0) is 12.3 Å². The molecule has 1 aliphatic carbocycles. The second kappa shape index (κ2) is 5.13. The fourth-order valence-electron chi connectivity index (χ4n) is 3.20. The van der Waals surface area contributed by atoms with E-state index >= 15 is 0 Å². The predicted octanol–water partition coefficient (Wildman–Crippen LogP) is 5.01. The molecular weight excluding hydrogens is 306 g/mol. The van der Waals surface area contributed by atoms with E-state index in [0.717, 1.165) is 30.2 Å². The van der Waals surface area contributed by atoms with Crippen LogP contribution in [0.2, 0.25) is 0 Å². The van der Waals surface area contributed by atoms with Crippen LogP contribution in [0, 0.1) is 0 Å². The van der Waals surface area contributed by atoms with Gasteiger partial charge in [0.25, 0.3) is 5.92 Å². The van der Waals surface area contributed by atoms with E-state index < -0.39 is 5.92 Å². The maximum Gasteiger partial charge on any atom is 0.270 e. The lowest BCUT2D eigenvalue weighted by Gasteiger charge is -2.13. The van der Waals surface area contributed by atoms with Gasteiger partial charge in [0, 0.05) is 41.3 Å². The minimum atomic E-state index is -2.88. The Morgan fingerprint density at radius 3 is 2.62 bits per heavy atom. The molecule has 0 saturated carbocycles. The van der Waals surface area contributed by atoms with Gasteiger partial charge in [0.15, 0.2) is 0 Å². The summed E-state index contributed by atoms with van der Waals surface area (Å²) >= 11 is 0. The molecule has 2 aromatic carbocycles. The molecule has 0 spiro atoms. The predicted molar refractivity (Wildman–Crippen MR) is 91.9 cm³/mol. The summed E-state index contributed by atoms with van der Waals surface area (Å²) in [5.74, 6) is -2.88. The maximum atomic E-state index is 13.6. The van der Waals surface area contributed by atoms with E-state index in [9.17, 15) is 8.78 Å². The number of halogens is 2. The van der Waals surface area contributed by atoms with Gasteiger partial charge in [0.2, 0.25) is 0 Å². The molecule has 1 heterocycles. The highest BCUT2D eigenvalue weighted by molar-refractivity contribution is 5.81. The van der Waals surface area contributed by atoms with Crippen molar-refractivity contribution in [3.8, 4) is 22.5 Å². The zero-order valence-electron chi connectivity index (χ0n) is 13.2. The molecule has 4 heteroatoms. The van der Waals surface area contributed by atoms with Crippen molar-refractivity contribution < 1.29 is 8.78 Å². The van der Waals surface area contributed by atoms with Crippen molar-refractivity contribution in [2.24, 2.45) is 0 Å². The third kappa shape index (κ3) is 2.35. The molecule has 0 unspecified atom stereocenters. The standard InChI is InChI=1S/C20H16F2N2/c1-20(21,22)14-7-4-6-13(9-14)18-11-17(23)16-10-12-5-2-3-8-15(12)19(16)24-18/h2-9,11H,10H2,1H3,(H2,23,24). The van der Waals surface area contributed by atoms with Crippen LogP contribution < -0.4 is 5.73 Å². The summed E-state index contributed by atoms with van der Waals surface area (Å²) in [6.07, 6.45) is 0.762. The van der Waals surface area contributed by atoms with Gasteiger partial charge in [-0.05, 0) is 17.7 Å². The van der Waals surface area contributed by atoms with Crippen molar-refractivity contribution in [2.45, 2.75) is 19.3 Å². The number of nitrogens with two attached hydrogens (primary N) is 1. The summed E-state index contributed by atoms with van der Waals surface area (Å²) in [4.78, 5) is 4.72. The Morgan fingerprint density at radius 2 is 1.83 bits per heavy atom. The largest absolute Gasteiger partial charge is 0.398 e. The summed E-state index contributed by atoms with van der Waals surface area (Å²) in [6.45, 7) is 0.896. The Bertz CT molecular complexity index is 943. The average molecular weight is 322 g/mol. The van der Waals surface area contributed by atoms with Crippen LogP contribution in [0.3, 0.4) is 0 Å². The Morgan fingerprint density at radius 1 is 1.04 bits per heavy atom. The topological polar surface area (TPSA) is 38.9 Å². The zero-order valence-corrected chi connectivity index (χ0v) is 13.2. The van der Waals surface area contributed by atoms with Crippen LogP contribution in [-0.4, -0.2) is 4.98 Å². The number of alkyl halides is 2. The van der Waals surface area contributed by atoms with E-state index in [1.54, 1.807) is 18.2 Å². The second-order valence-corrected chi connectivity index (χ2v) is 6.23. The van der Waals surface area contributed by atoms with Crippen LogP contribution >= 0.6 is 0 Å². The van der Waals surface area contributed by atoms with Gasteiger partial charge in [-0.2, -0.15) is 0 Å². The van der Waals surface area contributed by atoms with Crippen molar-refractivity contribution in [2.75, 3.05) is 5.73 Å². The summed E-state index contributed by atoms with van der Waals surface area (Å²) < 4.78 is 27.2. The number of fused-ring (bicyclic) bond motifs is 3. The molecule has 1 aliphatic rings. The van der Waals surface area contributed by atoms with Crippen LogP contribution in [0.1, 0.15) is 23.6 Å². The monoisotopic (exact) mass is 322 g/mol. The highest BCUT2D eigenvalue weighted by Crippen LogP contribution is 2.40. The van der Waals surface area contributed by atoms with Gasteiger partial charge in [-0.25, -0.2) is 13.8 Å². The number of pyridine rings is 1. The lowest BCUT2D eigenvalue weighted by molar-refractivity contribution is 0.0175. The van der Waals surface area contributed by atoms with E-state index in [0.29, 0.717) is 16.9 Å². The number of anilines is 1. The molecule has 24 heavy (non-hydrogen) atoms. The van der Waals surface area contributed by atoms with Gasteiger partial charge >= 0.3 is 0 Å². The summed E-state index contributed by atoms with van der Waals surface area (Å²) in [6, 6.07) is 16.1. The Hall–Kier alpha value is -2.75. The molecule has 1 aromatic heterocycles. The van der Waals surface area contributed by atoms with E-state index in [-0.39, 0.29) is 5.56 Å².